The molecule has 0 aromatic carbocycles. The minimum absolute atomic E-state index is 0.0922. The third-order valence-corrected chi connectivity index (χ3v) is 2.80. The minimum atomic E-state index is -1.02. The van der Waals surface area contributed by atoms with Crippen molar-refractivity contribution in [1.82, 2.24) is 9.97 Å². The van der Waals surface area contributed by atoms with Gasteiger partial charge in [0.1, 0.15) is 0 Å². The molecule has 0 fully saturated rings. The smallest absolute Gasteiger partial charge is 0.338 e. The van der Waals surface area contributed by atoms with Crippen LogP contribution in [0.1, 0.15) is 30.6 Å². The zero-order valence-corrected chi connectivity index (χ0v) is 11.0. The predicted molar refractivity (Wildman–Crippen MR) is 68.0 cm³/mol. The number of carboxylic acids is 1. The molecule has 6 nitrogen and oxygen atoms in total. The van der Waals surface area contributed by atoms with Crippen LogP contribution < -0.4 is 4.90 Å². The van der Waals surface area contributed by atoms with E-state index in [4.69, 9.17) is 9.84 Å². The Balaban J connectivity index is 2.87. The molecule has 0 spiro atoms. The third-order valence-electron chi connectivity index (χ3n) is 2.80. The normalized spacial score (nSPS) is 12.2. The van der Waals surface area contributed by atoms with Gasteiger partial charge in [-0.15, -0.1) is 0 Å². The van der Waals surface area contributed by atoms with Crippen LogP contribution in [0.3, 0.4) is 0 Å². The fraction of sp³-hybridized carbons (Fsp3) is 0.583. The first-order valence-electron chi connectivity index (χ1n) is 5.91. The quantitative estimate of drug-likeness (QED) is 0.792. The number of hydrogen-bond acceptors (Lipinski definition) is 5. The first-order chi connectivity index (χ1) is 8.60. The Hall–Kier alpha value is -1.69. The van der Waals surface area contributed by atoms with E-state index >= 15 is 0 Å². The van der Waals surface area contributed by atoms with Crippen LogP contribution in [0.15, 0.2) is 12.4 Å². The average Bonchev–Trinajstić information content (AvgIpc) is 2.39. The molecule has 100 valence electrons. The molecule has 1 aromatic heterocycles. The Labute approximate surface area is 107 Å². The maximum absolute atomic E-state index is 10.7. The lowest BCUT2D eigenvalue weighted by molar-refractivity contribution is 0.0696. The number of hydrogen-bond donors (Lipinski definition) is 1. The molecule has 0 aliphatic heterocycles. The standard InChI is InChI=1S/C12H19N3O3/c1-4-9(2)15(5-6-18-3)12-13-7-10(8-14-12)11(16)17/h7-9H,4-6H2,1-3H3,(H,16,17). The van der Waals surface area contributed by atoms with Crippen molar-refractivity contribution >= 4 is 11.9 Å². The molecule has 1 unspecified atom stereocenters. The van der Waals surface area contributed by atoms with Gasteiger partial charge in [-0.2, -0.15) is 0 Å². The summed E-state index contributed by atoms with van der Waals surface area (Å²) in [5.74, 6) is -0.486. The molecule has 0 radical (unpaired) electrons. The Kier molecular flexibility index (Phi) is 5.51. The Morgan fingerprint density at radius 1 is 1.50 bits per heavy atom. The summed E-state index contributed by atoms with van der Waals surface area (Å²) >= 11 is 0. The first kappa shape index (κ1) is 14.4. The van der Waals surface area contributed by atoms with E-state index in [9.17, 15) is 4.79 Å². The van der Waals surface area contributed by atoms with E-state index < -0.39 is 5.97 Å². The average molecular weight is 253 g/mol. The number of rotatable bonds is 7. The zero-order valence-electron chi connectivity index (χ0n) is 11.0. The topological polar surface area (TPSA) is 75.5 Å². The van der Waals surface area contributed by atoms with Crippen LogP contribution in [-0.4, -0.2) is 47.3 Å². The van der Waals surface area contributed by atoms with Gasteiger partial charge in [0.25, 0.3) is 0 Å². The van der Waals surface area contributed by atoms with Crippen LogP contribution in [0.25, 0.3) is 0 Å². The highest BCUT2D eigenvalue weighted by Gasteiger charge is 2.16. The minimum Gasteiger partial charge on any atom is -0.478 e. The fourth-order valence-corrected chi connectivity index (χ4v) is 1.51. The Bertz CT molecular complexity index is 381. The third kappa shape index (κ3) is 3.66. The van der Waals surface area contributed by atoms with Crippen molar-refractivity contribution in [3.05, 3.63) is 18.0 Å². The highest BCUT2D eigenvalue weighted by Crippen LogP contribution is 2.13. The van der Waals surface area contributed by atoms with Gasteiger partial charge in [-0.3, -0.25) is 0 Å². The van der Waals surface area contributed by atoms with E-state index in [-0.39, 0.29) is 11.6 Å². The molecule has 0 amide bonds. The van der Waals surface area contributed by atoms with Crippen LogP contribution in [0.4, 0.5) is 5.95 Å². The van der Waals surface area contributed by atoms with Gasteiger partial charge in [0.15, 0.2) is 0 Å². The number of aromatic carboxylic acids is 1. The second kappa shape index (κ2) is 6.90. The van der Waals surface area contributed by atoms with Gasteiger partial charge in [0.05, 0.1) is 12.2 Å². The molecule has 6 heteroatoms. The van der Waals surface area contributed by atoms with Gasteiger partial charge in [0.2, 0.25) is 5.95 Å². The van der Waals surface area contributed by atoms with Crippen molar-refractivity contribution < 1.29 is 14.6 Å². The SMILES string of the molecule is CCC(C)N(CCOC)c1ncc(C(=O)O)cn1. The van der Waals surface area contributed by atoms with Crippen molar-refractivity contribution in [3.63, 3.8) is 0 Å². The molecule has 0 aliphatic rings. The van der Waals surface area contributed by atoms with E-state index in [1.165, 1.54) is 12.4 Å². The number of ether oxygens (including phenoxy) is 1. The monoisotopic (exact) mass is 253 g/mol. The fourth-order valence-electron chi connectivity index (χ4n) is 1.51. The van der Waals surface area contributed by atoms with Crippen molar-refractivity contribution in [1.29, 1.82) is 0 Å². The zero-order chi connectivity index (χ0) is 13.5. The molecule has 1 rings (SSSR count). The molecule has 0 saturated carbocycles. The van der Waals surface area contributed by atoms with E-state index in [1.54, 1.807) is 7.11 Å². The summed E-state index contributed by atoms with van der Waals surface area (Å²) in [4.78, 5) is 20.9. The summed E-state index contributed by atoms with van der Waals surface area (Å²) in [7, 11) is 1.64. The summed E-state index contributed by atoms with van der Waals surface area (Å²) in [6.07, 6.45) is 3.60. The lowest BCUT2D eigenvalue weighted by Gasteiger charge is -2.28. The van der Waals surface area contributed by atoms with E-state index in [2.05, 4.69) is 23.8 Å². The van der Waals surface area contributed by atoms with E-state index in [1.807, 2.05) is 4.90 Å². The van der Waals surface area contributed by atoms with Crippen LogP contribution in [0.2, 0.25) is 0 Å². The largest absolute Gasteiger partial charge is 0.478 e. The molecule has 0 bridgehead atoms. The molecular weight excluding hydrogens is 234 g/mol. The molecule has 0 saturated heterocycles. The van der Waals surface area contributed by atoms with Crippen molar-refractivity contribution in [2.24, 2.45) is 0 Å². The number of methoxy groups -OCH3 is 1. The van der Waals surface area contributed by atoms with Crippen LogP contribution >= 0.6 is 0 Å². The lowest BCUT2D eigenvalue weighted by atomic mass is 10.2. The highest BCUT2D eigenvalue weighted by molar-refractivity contribution is 5.86. The number of anilines is 1. The molecule has 1 aromatic rings. The van der Waals surface area contributed by atoms with Crippen molar-refractivity contribution in [2.75, 3.05) is 25.2 Å². The summed E-state index contributed by atoms with van der Waals surface area (Å²) in [5.41, 5.74) is 0.0922. The molecule has 0 aliphatic carbocycles. The number of carboxylic acid groups (broad SMARTS) is 1. The van der Waals surface area contributed by atoms with E-state index in [0.717, 1.165) is 6.42 Å². The van der Waals surface area contributed by atoms with Crippen LogP contribution in [0, 0.1) is 0 Å². The summed E-state index contributed by atoms with van der Waals surface area (Å²) in [6.45, 7) is 5.41. The lowest BCUT2D eigenvalue weighted by Crippen LogP contribution is -2.36. The highest BCUT2D eigenvalue weighted by atomic mass is 16.5. The molecule has 1 atom stereocenters. The van der Waals surface area contributed by atoms with Gasteiger partial charge < -0.3 is 14.7 Å². The summed E-state index contributed by atoms with van der Waals surface area (Å²) in [6, 6.07) is 0.274. The maximum atomic E-state index is 10.7. The van der Waals surface area contributed by atoms with E-state index in [0.29, 0.717) is 19.1 Å². The maximum Gasteiger partial charge on any atom is 0.338 e. The van der Waals surface area contributed by atoms with Crippen LogP contribution in [0.5, 0.6) is 0 Å². The van der Waals surface area contributed by atoms with Crippen LogP contribution in [-0.2, 0) is 4.74 Å². The molecule has 18 heavy (non-hydrogen) atoms. The Morgan fingerprint density at radius 2 is 2.11 bits per heavy atom. The number of aromatic nitrogens is 2. The van der Waals surface area contributed by atoms with Gasteiger partial charge >= 0.3 is 5.97 Å². The number of nitrogens with zero attached hydrogens (tertiary/aromatic N) is 3. The first-order valence-corrected chi connectivity index (χ1v) is 5.91. The molecule has 1 heterocycles. The van der Waals surface area contributed by atoms with Gasteiger partial charge in [-0.25, -0.2) is 14.8 Å². The predicted octanol–water partition coefficient (Wildman–Crippen LogP) is 1.43. The second-order valence-corrected chi connectivity index (χ2v) is 4.02. The van der Waals surface area contributed by atoms with Crippen molar-refractivity contribution in [3.8, 4) is 0 Å². The van der Waals surface area contributed by atoms with Crippen molar-refractivity contribution in [2.45, 2.75) is 26.3 Å². The summed E-state index contributed by atoms with van der Waals surface area (Å²) < 4.78 is 5.06. The second-order valence-electron chi connectivity index (χ2n) is 4.02. The van der Waals surface area contributed by atoms with Gasteiger partial charge in [-0.05, 0) is 13.3 Å². The molecule has 1 N–H and O–H groups in total. The van der Waals surface area contributed by atoms with Gasteiger partial charge in [-0.1, -0.05) is 6.92 Å². The Morgan fingerprint density at radius 3 is 2.56 bits per heavy atom. The molecular formula is C12H19N3O3. The summed E-state index contributed by atoms with van der Waals surface area (Å²) in [5, 5.41) is 8.80. The van der Waals surface area contributed by atoms with Gasteiger partial charge in [0, 0.05) is 32.1 Å². The number of carbonyl (C=O) groups is 1.